The van der Waals surface area contributed by atoms with Crippen molar-refractivity contribution in [3.8, 4) is 0 Å². The van der Waals surface area contributed by atoms with Crippen molar-refractivity contribution >= 4 is 52.9 Å². The van der Waals surface area contributed by atoms with Gasteiger partial charge in [-0.1, -0.05) is 79.2 Å². The van der Waals surface area contributed by atoms with E-state index in [1.165, 1.54) is 11.1 Å². The van der Waals surface area contributed by atoms with Crippen LogP contribution in [0, 0.1) is 0 Å². The summed E-state index contributed by atoms with van der Waals surface area (Å²) >= 11 is 0. The molecule has 4 amide bonds. The first kappa shape index (κ1) is 39.0. The second-order valence-electron chi connectivity index (χ2n) is 15.1. The van der Waals surface area contributed by atoms with Gasteiger partial charge in [-0.25, -0.2) is 0 Å². The number of nitrogens with one attached hydrogen (secondary N) is 2. The van der Waals surface area contributed by atoms with Crippen LogP contribution in [-0.4, -0.2) is 69.3 Å². The van der Waals surface area contributed by atoms with Crippen LogP contribution >= 0.6 is 0 Å². The van der Waals surface area contributed by atoms with Crippen LogP contribution in [-0.2, 0) is 35.3 Å². The van der Waals surface area contributed by atoms with Gasteiger partial charge in [-0.2, -0.15) is 0 Å². The summed E-state index contributed by atoms with van der Waals surface area (Å²) in [6, 6.07) is 22.1. The van der Waals surface area contributed by atoms with Crippen molar-refractivity contribution in [2.75, 3.05) is 5.32 Å². The van der Waals surface area contributed by atoms with Gasteiger partial charge in [-0.05, 0) is 60.8 Å². The van der Waals surface area contributed by atoms with Crippen molar-refractivity contribution in [3.05, 3.63) is 124 Å². The van der Waals surface area contributed by atoms with Gasteiger partial charge < -0.3 is 15.3 Å². The van der Waals surface area contributed by atoms with Gasteiger partial charge in [-0.3, -0.25) is 43.9 Å². The fraction of sp³-hybridized carbons (Fsp3) is 0.333. The fourth-order valence-corrected chi connectivity index (χ4v) is 8.19. The van der Waals surface area contributed by atoms with Gasteiger partial charge in [0.15, 0.2) is 17.3 Å². The summed E-state index contributed by atoms with van der Waals surface area (Å²) in [5, 5.41) is 16.2. The lowest BCUT2D eigenvalue weighted by Gasteiger charge is -2.29. The van der Waals surface area contributed by atoms with E-state index in [-0.39, 0.29) is 109 Å². The molecule has 1 saturated heterocycles. The number of imide groups is 1. The maximum atomic E-state index is 14.0. The molecule has 12 nitrogen and oxygen atoms in total. The molecule has 2 unspecified atom stereocenters. The Kier molecular flexibility index (Phi) is 11.8. The number of anilines is 1. The van der Waals surface area contributed by atoms with E-state index in [9.17, 15) is 38.7 Å². The lowest BCUT2D eigenvalue weighted by molar-refractivity contribution is -0.137. The van der Waals surface area contributed by atoms with Crippen LogP contribution in [0.4, 0.5) is 5.69 Å². The predicted octanol–water partition coefficient (Wildman–Crippen LogP) is 5.99. The number of ketones is 3. The van der Waals surface area contributed by atoms with Gasteiger partial charge in [0.2, 0.25) is 17.7 Å². The number of aliphatic imine (C=N–C) groups is 1. The molecule has 0 aromatic heterocycles. The second-order valence-corrected chi connectivity index (χ2v) is 15.1. The molecule has 2 heterocycles. The number of piperidine rings is 1. The van der Waals surface area contributed by atoms with Crippen molar-refractivity contribution in [1.82, 2.24) is 10.2 Å². The number of allylic oxidation sites excluding steroid dienone is 4. The van der Waals surface area contributed by atoms with Crippen molar-refractivity contribution in [1.29, 1.82) is 0 Å². The number of benzene rings is 3. The first-order chi connectivity index (χ1) is 27.6. The Bertz CT molecular complexity index is 2190. The summed E-state index contributed by atoms with van der Waals surface area (Å²) in [6.45, 7) is 0.0564. The molecule has 1 saturated carbocycles. The van der Waals surface area contributed by atoms with E-state index in [4.69, 9.17) is 0 Å². The van der Waals surface area contributed by atoms with Crippen LogP contribution in [0.15, 0.2) is 107 Å². The van der Waals surface area contributed by atoms with Gasteiger partial charge in [-0.15, -0.1) is 0 Å². The summed E-state index contributed by atoms with van der Waals surface area (Å²) in [5.74, 6) is -2.86. The third kappa shape index (κ3) is 8.75. The van der Waals surface area contributed by atoms with Crippen molar-refractivity contribution in [2.45, 2.75) is 94.7 Å². The van der Waals surface area contributed by atoms with E-state index >= 15 is 0 Å². The number of carbonyl (C=O) groups is 7. The Balaban J connectivity index is 1.05. The molecule has 57 heavy (non-hydrogen) atoms. The summed E-state index contributed by atoms with van der Waals surface area (Å²) < 4.78 is 0. The van der Waals surface area contributed by atoms with Crippen LogP contribution in [0.3, 0.4) is 0 Å². The van der Waals surface area contributed by atoms with E-state index in [1.54, 1.807) is 24.3 Å². The second kappa shape index (κ2) is 17.2. The molecule has 3 atom stereocenters. The Hall–Kier alpha value is -6.30. The highest BCUT2D eigenvalue weighted by atomic mass is 16.3. The van der Waals surface area contributed by atoms with Crippen LogP contribution in [0.2, 0.25) is 0 Å². The number of hydrogen-bond donors (Lipinski definition) is 3. The molecule has 4 aliphatic rings. The molecule has 3 aromatic carbocycles. The number of aliphatic hydroxyl groups excluding tert-OH is 1. The van der Waals surface area contributed by atoms with E-state index in [1.807, 2.05) is 60.7 Å². The largest absolute Gasteiger partial charge is 0.511 e. The zero-order valence-electron chi connectivity index (χ0n) is 31.4. The molecule has 12 heteroatoms. The molecule has 2 fully saturated rings. The number of aliphatic hydroxyl groups is 1. The molecule has 0 spiro atoms. The van der Waals surface area contributed by atoms with Gasteiger partial charge in [0.05, 0.1) is 11.1 Å². The number of Topliss-reactive ketones (excluding diaryl/α,β-unsaturated/α-hetero) is 3. The lowest BCUT2D eigenvalue weighted by Crippen LogP contribution is -2.52. The average Bonchev–Trinajstić information content (AvgIpc) is 3.54. The number of carbonyl (C=O) groups excluding carboxylic acids is 7. The van der Waals surface area contributed by atoms with Gasteiger partial charge in [0.1, 0.15) is 17.8 Å². The summed E-state index contributed by atoms with van der Waals surface area (Å²) in [5.41, 5.74) is 3.42. The number of hydrogen-bond acceptors (Lipinski definition) is 9. The third-order valence-electron chi connectivity index (χ3n) is 11.3. The SMILES string of the molecule is O=C1CCC(N2Cc3c(NC(=O)[C@H](CCCCC=C4C(=O)CC(c5ccccc5)CC4=O)N=CC4=C(O)CC(c5ccccc5)CC4=O)cccc3C2=O)C(=O)N1. The van der Waals surface area contributed by atoms with Crippen molar-refractivity contribution in [2.24, 2.45) is 4.99 Å². The number of nitrogens with zero attached hydrogens (tertiary/aromatic N) is 2. The minimum Gasteiger partial charge on any atom is -0.511 e. The van der Waals surface area contributed by atoms with E-state index in [0.717, 1.165) is 11.1 Å². The molecular formula is C45H44N4O8. The zero-order chi connectivity index (χ0) is 40.1. The monoisotopic (exact) mass is 768 g/mol. The first-order valence-corrected chi connectivity index (χ1v) is 19.5. The Morgan fingerprint density at radius 1 is 0.825 bits per heavy atom. The molecule has 3 N–H and O–H groups in total. The number of amides is 4. The maximum Gasteiger partial charge on any atom is 0.255 e. The average molecular weight is 769 g/mol. The molecule has 3 aromatic rings. The first-order valence-electron chi connectivity index (χ1n) is 19.5. The van der Waals surface area contributed by atoms with Gasteiger partial charge in [0.25, 0.3) is 5.91 Å². The Morgan fingerprint density at radius 3 is 2.12 bits per heavy atom. The Labute approximate surface area is 330 Å². The van der Waals surface area contributed by atoms with E-state index in [0.29, 0.717) is 36.1 Å². The Morgan fingerprint density at radius 2 is 1.47 bits per heavy atom. The highest BCUT2D eigenvalue weighted by Gasteiger charge is 2.40. The highest BCUT2D eigenvalue weighted by Crippen LogP contribution is 2.35. The molecule has 0 radical (unpaired) electrons. The minimum absolute atomic E-state index is 0.0546. The van der Waals surface area contributed by atoms with E-state index < -0.39 is 23.9 Å². The molecule has 292 valence electrons. The van der Waals surface area contributed by atoms with Gasteiger partial charge >= 0.3 is 0 Å². The summed E-state index contributed by atoms with van der Waals surface area (Å²) in [4.78, 5) is 96.9. The van der Waals surface area contributed by atoms with Crippen molar-refractivity contribution in [3.63, 3.8) is 0 Å². The normalized spacial score (nSPS) is 21.9. The van der Waals surface area contributed by atoms with Crippen LogP contribution in [0.5, 0.6) is 0 Å². The number of unbranched alkanes of at least 4 members (excludes halogenated alkanes) is 2. The summed E-state index contributed by atoms with van der Waals surface area (Å²) in [6.07, 6.45) is 5.96. The minimum atomic E-state index is -0.999. The molecule has 0 bridgehead atoms. The standard InChI is InChI=1S/C45H44N4O8/c50-38-21-29(27-11-4-1-5-12-27)22-39(51)32(38)15-8-3-9-17-36(46-25-33-40(52)23-30(24-41(33)53)28-13-6-2-7-14-28)43(55)47-35-18-10-16-31-34(35)26-49(45(31)57)37-19-20-42(54)48-44(37)56/h1-2,4-7,10-16,18,25,29-30,36-37,52H,3,8-9,17,19-24,26H2,(H,47,55)(H,48,54,56)/t29?,30?,36-,37?/m0/s1. The van der Waals surface area contributed by atoms with Crippen LogP contribution in [0.1, 0.15) is 103 Å². The molecule has 7 rings (SSSR count). The van der Waals surface area contributed by atoms with Crippen LogP contribution in [0.25, 0.3) is 0 Å². The predicted molar refractivity (Wildman–Crippen MR) is 211 cm³/mol. The molecular weight excluding hydrogens is 725 g/mol. The van der Waals surface area contributed by atoms with Gasteiger partial charge in [0, 0.05) is 61.7 Å². The highest BCUT2D eigenvalue weighted by molar-refractivity contribution is 6.22. The third-order valence-corrected chi connectivity index (χ3v) is 11.3. The van der Waals surface area contributed by atoms with Crippen LogP contribution < -0.4 is 10.6 Å². The number of fused-ring (bicyclic) bond motifs is 1. The zero-order valence-corrected chi connectivity index (χ0v) is 31.4. The fourth-order valence-electron chi connectivity index (χ4n) is 8.19. The van der Waals surface area contributed by atoms with Crippen molar-refractivity contribution < 1.29 is 38.7 Å². The number of rotatable bonds is 12. The molecule has 2 aliphatic heterocycles. The quantitative estimate of drug-likeness (QED) is 0.0662. The molecule has 2 aliphatic carbocycles. The summed E-state index contributed by atoms with van der Waals surface area (Å²) in [7, 11) is 0. The lowest BCUT2D eigenvalue weighted by atomic mass is 9.79. The maximum absolute atomic E-state index is 14.0. The topological polar surface area (TPSA) is 179 Å². The smallest absolute Gasteiger partial charge is 0.255 e. The van der Waals surface area contributed by atoms with E-state index in [2.05, 4.69) is 15.6 Å².